The summed E-state index contributed by atoms with van der Waals surface area (Å²) >= 11 is 0. The van der Waals surface area contributed by atoms with Crippen LogP contribution in [0.1, 0.15) is 30.5 Å². The van der Waals surface area contributed by atoms with Crippen LogP contribution >= 0.6 is 0 Å². The maximum absolute atomic E-state index is 13.8. The number of aliphatic hydroxyl groups is 1. The van der Waals surface area contributed by atoms with E-state index in [1.54, 1.807) is 19.4 Å². The second-order valence-corrected chi connectivity index (χ2v) is 7.57. The minimum atomic E-state index is -2.74. The number of aliphatic carboxylic acids is 3. The first-order chi connectivity index (χ1) is 16.5. The van der Waals surface area contributed by atoms with E-state index < -0.39 is 48.0 Å². The number of hydrogen-bond donors (Lipinski definition) is 4. The number of methoxy groups -OCH3 is 1. The van der Waals surface area contributed by atoms with Crippen LogP contribution in [0.25, 0.3) is 0 Å². The van der Waals surface area contributed by atoms with Crippen LogP contribution in [0, 0.1) is 11.6 Å². The SMILES string of the molecule is COCCCN(Cc1ccccn1)Cc1cccc(F)c1F.O=C(O)CC(O)(CC(=O)O)C(=O)O. The molecule has 12 heteroatoms. The Morgan fingerprint density at radius 1 is 1.00 bits per heavy atom. The van der Waals surface area contributed by atoms with Crippen LogP contribution in [-0.4, -0.2) is 74.1 Å². The van der Waals surface area contributed by atoms with Crippen molar-refractivity contribution < 1.29 is 48.3 Å². The fraction of sp³-hybridized carbons (Fsp3) is 0.391. The lowest BCUT2D eigenvalue weighted by Gasteiger charge is -2.22. The highest BCUT2D eigenvalue weighted by Gasteiger charge is 2.40. The maximum Gasteiger partial charge on any atom is 0.336 e. The Bertz CT molecular complexity index is 959. The number of hydrogen-bond acceptors (Lipinski definition) is 7. The molecule has 0 radical (unpaired) electrons. The Balaban J connectivity index is 0.000000405. The third-order valence-corrected chi connectivity index (χ3v) is 4.65. The van der Waals surface area contributed by atoms with Crippen molar-refractivity contribution in [3.05, 3.63) is 65.5 Å². The summed E-state index contributed by atoms with van der Waals surface area (Å²) < 4.78 is 32.2. The number of halogens is 2. The Hall–Kier alpha value is -3.48. The van der Waals surface area contributed by atoms with Gasteiger partial charge in [-0.15, -0.1) is 0 Å². The molecule has 4 N–H and O–H groups in total. The lowest BCUT2D eigenvalue weighted by atomic mass is 9.96. The highest BCUT2D eigenvalue weighted by Crippen LogP contribution is 2.16. The first-order valence-corrected chi connectivity index (χ1v) is 10.4. The molecule has 0 saturated carbocycles. The van der Waals surface area contributed by atoms with Crippen LogP contribution in [0.3, 0.4) is 0 Å². The lowest BCUT2D eigenvalue weighted by Crippen LogP contribution is -2.42. The van der Waals surface area contributed by atoms with Crippen LogP contribution in [-0.2, 0) is 32.2 Å². The zero-order valence-electron chi connectivity index (χ0n) is 19.1. The molecule has 0 atom stereocenters. The summed E-state index contributed by atoms with van der Waals surface area (Å²) in [6.07, 6.45) is 0.259. The molecule has 0 spiro atoms. The molecule has 1 aromatic heterocycles. The fourth-order valence-electron chi connectivity index (χ4n) is 2.99. The summed E-state index contributed by atoms with van der Waals surface area (Å²) in [6.45, 7) is 2.27. The zero-order chi connectivity index (χ0) is 26.4. The van der Waals surface area contributed by atoms with E-state index in [9.17, 15) is 23.2 Å². The van der Waals surface area contributed by atoms with Crippen molar-refractivity contribution in [2.24, 2.45) is 0 Å². The third-order valence-electron chi connectivity index (χ3n) is 4.65. The Labute approximate surface area is 200 Å². The molecule has 192 valence electrons. The predicted octanol–water partition coefficient (Wildman–Crippen LogP) is 2.15. The van der Waals surface area contributed by atoms with Crippen molar-refractivity contribution in [1.29, 1.82) is 0 Å². The average molecular weight is 498 g/mol. The number of pyridine rings is 1. The van der Waals surface area contributed by atoms with Gasteiger partial charge in [0.15, 0.2) is 17.2 Å². The molecule has 1 heterocycles. The number of rotatable bonds is 13. The van der Waals surface area contributed by atoms with E-state index in [1.807, 2.05) is 23.1 Å². The van der Waals surface area contributed by atoms with Crippen molar-refractivity contribution >= 4 is 17.9 Å². The number of carboxylic acids is 3. The number of carboxylic acid groups (broad SMARTS) is 3. The van der Waals surface area contributed by atoms with Gasteiger partial charge in [-0.05, 0) is 24.6 Å². The van der Waals surface area contributed by atoms with Crippen molar-refractivity contribution in [3.63, 3.8) is 0 Å². The van der Waals surface area contributed by atoms with Crippen LogP contribution in [0.2, 0.25) is 0 Å². The highest BCUT2D eigenvalue weighted by atomic mass is 19.2. The summed E-state index contributed by atoms with van der Waals surface area (Å²) in [6, 6.07) is 9.96. The molecule has 0 unspecified atom stereocenters. The van der Waals surface area contributed by atoms with Gasteiger partial charge in [0, 0.05) is 45.1 Å². The van der Waals surface area contributed by atoms with Crippen molar-refractivity contribution in [2.45, 2.75) is 38.0 Å². The molecule has 0 aliphatic heterocycles. The van der Waals surface area contributed by atoms with E-state index in [1.165, 1.54) is 6.07 Å². The minimum Gasteiger partial charge on any atom is -0.481 e. The largest absolute Gasteiger partial charge is 0.481 e. The van der Waals surface area contributed by atoms with E-state index in [0.717, 1.165) is 24.7 Å². The summed E-state index contributed by atoms with van der Waals surface area (Å²) in [5.41, 5.74) is -1.48. The quantitative estimate of drug-likeness (QED) is 0.302. The Morgan fingerprint density at radius 3 is 2.17 bits per heavy atom. The van der Waals surface area contributed by atoms with E-state index in [4.69, 9.17) is 25.2 Å². The maximum atomic E-state index is 13.8. The fourth-order valence-corrected chi connectivity index (χ4v) is 2.99. The average Bonchev–Trinajstić information content (AvgIpc) is 2.77. The Morgan fingerprint density at radius 2 is 1.66 bits per heavy atom. The summed E-state index contributed by atoms with van der Waals surface area (Å²) in [4.78, 5) is 36.8. The first-order valence-electron chi connectivity index (χ1n) is 10.4. The van der Waals surface area contributed by atoms with E-state index >= 15 is 0 Å². The van der Waals surface area contributed by atoms with Gasteiger partial charge in [-0.3, -0.25) is 19.5 Å². The van der Waals surface area contributed by atoms with Gasteiger partial charge in [0.25, 0.3) is 0 Å². The van der Waals surface area contributed by atoms with E-state index in [-0.39, 0.29) is 0 Å². The summed E-state index contributed by atoms with van der Waals surface area (Å²) in [7, 11) is 1.65. The zero-order valence-corrected chi connectivity index (χ0v) is 19.1. The Kier molecular flexibility index (Phi) is 12.4. The predicted molar refractivity (Wildman–Crippen MR) is 118 cm³/mol. The molecule has 0 aliphatic rings. The second-order valence-electron chi connectivity index (χ2n) is 7.57. The molecule has 10 nitrogen and oxygen atoms in total. The van der Waals surface area contributed by atoms with E-state index in [2.05, 4.69) is 4.98 Å². The number of aromatic nitrogens is 1. The van der Waals surface area contributed by atoms with Gasteiger partial charge in [0.2, 0.25) is 0 Å². The second kappa shape index (κ2) is 14.7. The number of nitrogens with zero attached hydrogens (tertiary/aromatic N) is 2. The molecule has 2 aromatic rings. The number of benzene rings is 1. The minimum absolute atomic E-state index is 0.337. The molecular weight excluding hydrogens is 470 g/mol. The van der Waals surface area contributed by atoms with Gasteiger partial charge in [0.1, 0.15) is 0 Å². The summed E-state index contributed by atoms with van der Waals surface area (Å²) in [5, 5.41) is 33.8. The normalized spacial score (nSPS) is 11.0. The van der Waals surface area contributed by atoms with Crippen LogP contribution < -0.4 is 0 Å². The highest BCUT2D eigenvalue weighted by molar-refractivity contribution is 5.88. The van der Waals surface area contributed by atoms with Gasteiger partial charge in [-0.1, -0.05) is 18.2 Å². The number of carbonyl (C=O) groups is 3. The molecule has 35 heavy (non-hydrogen) atoms. The lowest BCUT2D eigenvalue weighted by molar-refractivity contribution is -0.170. The van der Waals surface area contributed by atoms with Crippen molar-refractivity contribution in [3.8, 4) is 0 Å². The summed E-state index contributed by atoms with van der Waals surface area (Å²) in [5.74, 6) is -6.61. The van der Waals surface area contributed by atoms with Gasteiger partial charge in [-0.2, -0.15) is 0 Å². The van der Waals surface area contributed by atoms with Crippen molar-refractivity contribution in [1.82, 2.24) is 9.88 Å². The van der Waals surface area contributed by atoms with Gasteiger partial charge < -0.3 is 25.2 Å². The third kappa shape index (κ3) is 11.0. The molecule has 2 rings (SSSR count). The monoisotopic (exact) mass is 498 g/mol. The first kappa shape index (κ1) is 29.6. The molecule has 0 aliphatic carbocycles. The van der Waals surface area contributed by atoms with Gasteiger partial charge >= 0.3 is 17.9 Å². The van der Waals surface area contributed by atoms with E-state index in [0.29, 0.717) is 25.3 Å². The standard InChI is InChI=1S/C17H20F2N2O.C6H8O7/c1-22-11-5-10-21(13-15-7-2-3-9-20-15)12-14-6-4-8-16(18)17(14)19;7-3(8)1-6(13,5(11)12)2-4(9)10/h2-4,6-9H,5,10-13H2,1H3;13H,1-2H2,(H,7,8)(H,9,10)(H,11,12). The van der Waals surface area contributed by atoms with Crippen LogP contribution in [0.4, 0.5) is 8.78 Å². The van der Waals surface area contributed by atoms with Crippen molar-refractivity contribution in [2.75, 3.05) is 20.3 Å². The molecule has 0 bridgehead atoms. The van der Waals surface area contributed by atoms with Crippen LogP contribution in [0.5, 0.6) is 0 Å². The topological polar surface area (TPSA) is 157 Å². The van der Waals surface area contributed by atoms with Gasteiger partial charge in [0.05, 0.1) is 18.5 Å². The van der Waals surface area contributed by atoms with Gasteiger partial charge in [-0.25, -0.2) is 13.6 Å². The molecule has 0 amide bonds. The van der Waals surface area contributed by atoms with Crippen LogP contribution in [0.15, 0.2) is 42.6 Å². The molecule has 1 aromatic carbocycles. The smallest absolute Gasteiger partial charge is 0.336 e. The molecule has 0 fully saturated rings. The number of ether oxygens (including phenoxy) is 1. The molecule has 0 saturated heterocycles. The molecular formula is C23H28F2N2O8.